The Labute approximate surface area is 161 Å². The minimum Gasteiger partial charge on any atom is -0.497 e. The molecular formula is C19H19N3O6. The van der Waals surface area contributed by atoms with E-state index in [0.29, 0.717) is 23.0 Å². The molecule has 0 aliphatic rings. The van der Waals surface area contributed by atoms with Gasteiger partial charge in [0.2, 0.25) is 0 Å². The SMILES string of the molecule is COc1ccc(OCC(=O)Nc2nnc(COc3cccc(OC)c3)o2)cc1. The van der Waals surface area contributed by atoms with E-state index >= 15 is 0 Å². The summed E-state index contributed by atoms with van der Waals surface area (Å²) in [6.45, 7) is -0.150. The van der Waals surface area contributed by atoms with E-state index in [0.717, 1.165) is 0 Å². The zero-order valence-corrected chi connectivity index (χ0v) is 15.4. The Balaban J connectivity index is 1.45. The number of hydrogen-bond donors (Lipinski definition) is 1. The van der Waals surface area contributed by atoms with Crippen molar-refractivity contribution in [1.29, 1.82) is 0 Å². The highest BCUT2D eigenvalue weighted by atomic mass is 16.5. The molecule has 0 spiro atoms. The van der Waals surface area contributed by atoms with E-state index in [1.165, 1.54) is 0 Å². The standard InChI is InChI=1S/C19H19N3O6/c1-24-13-6-8-14(9-7-13)26-11-17(23)20-19-22-21-18(28-19)12-27-16-5-3-4-15(10-16)25-2/h3-10H,11-12H2,1-2H3,(H,20,22,23). The molecule has 0 fully saturated rings. The number of ether oxygens (including phenoxy) is 4. The first-order chi connectivity index (χ1) is 13.7. The van der Waals surface area contributed by atoms with E-state index in [1.54, 1.807) is 62.8 Å². The van der Waals surface area contributed by atoms with Crippen molar-refractivity contribution in [3.8, 4) is 23.0 Å². The largest absolute Gasteiger partial charge is 0.497 e. The van der Waals surface area contributed by atoms with E-state index in [9.17, 15) is 4.79 Å². The highest BCUT2D eigenvalue weighted by Crippen LogP contribution is 2.20. The van der Waals surface area contributed by atoms with Crippen molar-refractivity contribution in [2.75, 3.05) is 26.1 Å². The summed E-state index contributed by atoms with van der Waals surface area (Å²) in [7, 11) is 3.15. The number of rotatable bonds is 9. The van der Waals surface area contributed by atoms with Crippen LogP contribution in [0.5, 0.6) is 23.0 Å². The second-order valence-corrected chi connectivity index (χ2v) is 5.48. The molecule has 1 aromatic heterocycles. The molecule has 3 rings (SSSR count). The maximum Gasteiger partial charge on any atom is 0.322 e. The number of amides is 1. The molecule has 0 aliphatic heterocycles. The number of carbonyl (C=O) groups is 1. The zero-order chi connectivity index (χ0) is 19.8. The smallest absolute Gasteiger partial charge is 0.322 e. The molecule has 3 aromatic rings. The molecule has 9 nitrogen and oxygen atoms in total. The lowest BCUT2D eigenvalue weighted by Gasteiger charge is -2.06. The second-order valence-electron chi connectivity index (χ2n) is 5.48. The van der Waals surface area contributed by atoms with Crippen molar-refractivity contribution in [1.82, 2.24) is 10.2 Å². The number of nitrogens with zero attached hydrogens (tertiary/aromatic N) is 2. The van der Waals surface area contributed by atoms with Crippen LogP contribution in [0.4, 0.5) is 6.01 Å². The molecule has 1 N–H and O–H groups in total. The molecule has 1 amide bonds. The van der Waals surface area contributed by atoms with Crippen molar-refractivity contribution in [2.45, 2.75) is 6.61 Å². The molecule has 0 unspecified atom stereocenters. The Bertz CT molecular complexity index is 910. The van der Waals surface area contributed by atoms with Crippen molar-refractivity contribution in [3.63, 3.8) is 0 Å². The Morgan fingerprint density at radius 3 is 2.39 bits per heavy atom. The summed E-state index contributed by atoms with van der Waals surface area (Å²) in [4.78, 5) is 11.9. The van der Waals surface area contributed by atoms with E-state index in [2.05, 4.69) is 15.5 Å². The van der Waals surface area contributed by atoms with Gasteiger partial charge in [-0.25, -0.2) is 0 Å². The van der Waals surface area contributed by atoms with Crippen LogP contribution in [0.15, 0.2) is 52.9 Å². The second kappa shape index (κ2) is 9.26. The van der Waals surface area contributed by atoms with Gasteiger partial charge < -0.3 is 23.4 Å². The van der Waals surface area contributed by atoms with Gasteiger partial charge in [0, 0.05) is 6.07 Å². The maximum absolute atomic E-state index is 11.9. The molecule has 0 bridgehead atoms. The number of hydrogen-bond acceptors (Lipinski definition) is 8. The normalized spacial score (nSPS) is 10.2. The monoisotopic (exact) mass is 385 g/mol. The maximum atomic E-state index is 11.9. The molecule has 0 saturated carbocycles. The number of nitrogens with one attached hydrogen (secondary N) is 1. The molecule has 9 heteroatoms. The molecule has 0 aliphatic carbocycles. The predicted molar refractivity (Wildman–Crippen MR) is 98.7 cm³/mol. The van der Waals surface area contributed by atoms with Crippen LogP contribution in [-0.4, -0.2) is 36.9 Å². The highest BCUT2D eigenvalue weighted by Gasteiger charge is 2.11. The molecule has 1 heterocycles. The van der Waals surface area contributed by atoms with Crippen molar-refractivity contribution in [2.24, 2.45) is 0 Å². The Morgan fingerprint density at radius 1 is 0.929 bits per heavy atom. The van der Waals surface area contributed by atoms with Crippen LogP contribution >= 0.6 is 0 Å². The average molecular weight is 385 g/mol. The number of aromatic nitrogens is 2. The van der Waals surface area contributed by atoms with Gasteiger partial charge in [0.05, 0.1) is 14.2 Å². The van der Waals surface area contributed by atoms with Crippen molar-refractivity contribution >= 4 is 11.9 Å². The fourth-order valence-electron chi connectivity index (χ4n) is 2.17. The summed E-state index contributed by atoms with van der Waals surface area (Å²) in [5, 5.41) is 10.0. The summed E-state index contributed by atoms with van der Waals surface area (Å²) < 4.78 is 26.4. The van der Waals surface area contributed by atoms with Gasteiger partial charge in [0.1, 0.15) is 23.0 Å². The van der Waals surface area contributed by atoms with Crippen LogP contribution in [0.1, 0.15) is 5.89 Å². The van der Waals surface area contributed by atoms with Gasteiger partial charge in [-0.1, -0.05) is 11.2 Å². The third-order valence-corrected chi connectivity index (χ3v) is 3.55. The molecular weight excluding hydrogens is 366 g/mol. The predicted octanol–water partition coefficient (Wildman–Crippen LogP) is 2.68. The van der Waals surface area contributed by atoms with Gasteiger partial charge in [0.15, 0.2) is 13.2 Å². The van der Waals surface area contributed by atoms with Gasteiger partial charge >= 0.3 is 6.01 Å². The first-order valence-corrected chi connectivity index (χ1v) is 8.32. The van der Waals surface area contributed by atoms with Crippen LogP contribution in [0.3, 0.4) is 0 Å². The minimum absolute atomic E-state index is 0.0347. The Hall–Kier alpha value is -3.75. The molecule has 0 atom stereocenters. The molecule has 0 radical (unpaired) electrons. The fourth-order valence-corrected chi connectivity index (χ4v) is 2.17. The first kappa shape index (κ1) is 19.0. The first-order valence-electron chi connectivity index (χ1n) is 8.32. The summed E-state index contributed by atoms with van der Waals surface area (Å²) in [6.07, 6.45) is 0. The topological polar surface area (TPSA) is 105 Å². The van der Waals surface area contributed by atoms with Crippen molar-refractivity contribution in [3.05, 3.63) is 54.4 Å². The van der Waals surface area contributed by atoms with Crippen LogP contribution in [0.2, 0.25) is 0 Å². The van der Waals surface area contributed by atoms with Gasteiger partial charge in [0.25, 0.3) is 11.8 Å². The fraction of sp³-hybridized carbons (Fsp3) is 0.211. The lowest BCUT2D eigenvalue weighted by Crippen LogP contribution is -2.20. The van der Waals surface area contributed by atoms with Gasteiger partial charge in [-0.3, -0.25) is 10.1 Å². The minimum atomic E-state index is -0.431. The molecule has 2 aromatic carbocycles. The number of carbonyl (C=O) groups excluding carboxylic acids is 1. The van der Waals surface area contributed by atoms with Crippen LogP contribution in [0, 0.1) is 0 Å². The summed E-state index contributed by atoms with van der Waals surface area (Å²) in [5.41, 5.74) is 0. The van der Waals surface area contributed by atoms with E-state index in [4.69, 9.17) is 23.4 Å². The molecule has 146 valence electrons. The van der Waals surface area contributed by atoms with Crippen LogP contribution < -0.4 is 24.3 Å². The van der Waals surface area contributed by atoms with E-state index in [1.807, 2.05) is 0 Å². The summed E-state index contributed by atoms with van der Waals surface area (Å²) in [6, 6.07) is 14.0. The van der Waals surface area contributed by atoms with Gasteiger partial charge in [-0.2, -0.15) is 0 Å². The highest BCUT2D eigenvalue weighted by molar-refractivity contribution is 5.89. The van der Waals surface area contributed by atoms with E-state index < -0.39 is 5.91 Å². The zero-order valence-electron chi connectivity index (χ0n) is 15.4. The average Bonchev–Trinajstić information content (AvgIpc) is 3.18. The van der Waals surface area contributed by atoms with Crippen molar-refractivity contribution < 1.29 is 28.2 Å². The number of anilines is 1. The summed E-state index contributed by atoms with van der Waals surface area (Å²) in [5.74, 6) is 2.29. The van der Waals surface area contributed by atoms with Crippen LogP contribution in [-0.2, 0) is 11.4 Å². The number of benzene rings is 2. The lowest BCUT2D eigenvalue weighted by atomic mass is 10.3. The Morgan fingerprint density at radius 2 is 1.64 bits per heavy atom. The van der Waals surface area contributed by atoms with Crippen LogP contribution in [0.25, 0.3) is 0 Å². The molecule has 28 heavy (non-hydrogen) atoms. The summed E-state index contributed by atoms with van der Waals surface area (Å²) >= 11 is 0. The quantitative estimate of drug-likeness (QED) is 0.599. The Kier molecular flexibility index (Phi) is 6.29. The number of methoxy groups -OCH3 is 2. The van der Waals surface area contributed by atoms with Gasteiger partial charge in [-0.15, -0.1) is 5.10 Å². The van der Waals surface area contributed by atoms with E-state index in [-0.39, 0.29) is 25.1 Å². The third kappa shape index (κ3) is 5.37. The third-order valence-electron chi connectivity index (χ3n) is 3.55. The molecule has 0 saturated heterocycles. The van der Waals surface area contributed by atoms with Gasteiger partial charge in [-0.05, 0) is 36.4 Å². The lowest BCUT2D eigenvalue weighted by molar-refractivity contribution is -0.118.